The van der Waals surface area contributed by atoms with Crippen LogP contribution in [0.25, 0.3) is 11.1 Å². The molecule has 2 aromatic heterocycles. The minimum absolute atomic E-state index is 0.0698. The molecule has 0 aliphatic carbocycles. The fourth-order valence-corrected chi connectivity index (χ4v) is 3.34. The lowest BCUT2D eigenvalue weighted by atomic mass is 9.97. The lowest BCUT2D eigenvalue weighted by Crippen LogP contribution is -2.42. The number of carbonyl (C=O) groups is 1. The summed E-state index contributed by atoms with van der Waals surface area (Å²) in [6.45, 7) is 1.82. The zero-order valence-corrected chi connectivity index (χ0v) is 14.2. The molecule has 3 heterocycles. The largest absolute Gasteiger partial charge is 0.421 e. The predicted octanol–water partition coefficient (Wildman–Crippen LogP) is 1.69. The Hall–Kier alpha value is -3.00. The van der Waals surface area contributed by atoms with Crippen LogP contribution in [0.2, 0.25) is 0 Å². The van der Waals surface area contributed by atoms with Crippen molar-refractivity contribution >= 4 is 22.8 Å². The van der Waals surface area contributed by atoms with Gasteiger partial charge >= 0.3 is 5.76 Å². The van der Waals surface area contributed by atoms with Gasteiger partial charge in [-0.05, 0) is 31.5 Å². The molecule has 1 fully saturated rings. The summed E-state index contributed by atoms with van der Waals surface area (Å²) in [7, 11) is 0. The van der Waals surface area contributed by atoms with Crippen LogP contribution in [0.1, 0.15) is 12.8 Å². The van der Waals surface area contributed by atoms with Gasteiger partial charge in [0.25, 0.3) is 0 Å². The summed E-state index contributed by atoms with van der Waals surface area (Å²) in [6.07, 6.45) is 6.33. The summed E-state index contributed by atoms with van der Waals surface area (Å²) in [6, 6.07) is 7.35. The summed E-state index contributed by atoms with van der Waals surface area (Å²) in [4.78, 5) is 34.8. The van der Waals surface area contributed by atoms with E-state index in [2.05, 4.69) is 20.2 Å². The molecule has 8 nitrogen and oxygen atoms in total. The quantitative estimate of drug-likeness (QED) is 0.767. The normalized spacial score (nSPS) is 18.1. The molecule has 8 heteroatoms. The Kier molecular flexibility index (Phi) is 4.49. The van der Waals surface area contributed by atoms with Crippen molar-refractivity contribution in [2.75, 3.05) is 18.4 Å². The summed E-state index contributed by atoms with van der Waals surface area (Å²) < 4.78 is 6.89. The first-order valence-corrected chi connectivity index (χ1v) is 8.58. The first-order valence-electron chi connectivity index (χ1n) is 8.58. The van der Waals surface area contributed by atoms with Crippen molar-refractivity contribution in [3.63, 3.8) is 0 Å². The van der Waals surface area contributed by atoms with E-state index in [1.54, 1.807) is 23.0 Å². The number of anilines is 1. The van der Waals surface area contributed by atoms with Crippen LogP contribution in [0.4, 0.5) is 5.82 Å². The number of benzene rings is 1. The second-order valence-electron chi connectivity index (χ2n) is 6.40. The van der Waals surface area contributed by atoms with Crippen molar-refractivity contribution in [1.82, 2.24) is 19.4 Å². The second kappa shape index (κ2) is 7.09. The smallest absolute Gasteiger partial charge is 0.408 e. The average Bonchev–Trinajstić information content (AvgIpc) is 2.98. The maximum atomic E-state index is 12.5. The highest BCUT2D eigenvalue weighted by Crippen LogP contribution is 2.20. The zero-order chi connectivity index (χ0) is 17.9. The van der Waals surface area contributed by atoms with E-state index in [0.29, 0.717) is 24.6 Å². The number of nitrogens with zero attached hydrogens (tertiary/aromatic N) is 4. The lowest BCUT2D eigenvalue weighted by Gasteiger charge is -2.31. The Morgan fingerprint density at radius 3 is 3.04 bits per heavy atom. The Morgan fingerprint density at radius 2 is 2.19 bits per heavy atom. The van der Waals surface area contributed by atoms with Gasteiger partial charge in [0.05, 0.1) is 24.3 Å². The SMILES string of the molecule is O=C(Nc1cnccn1)C1CCCN(Cn2c(=O)oc3ccccc32)C1. The molecule has 0 bridgehead atoms. The van der Waals surface area contributed by atoms with Gasteiger partial charge in [-0.25, -0.2) is 9.78 Å². The highest BCUT2D eigenvalue weighted by Gasteiger charge is 2.27. The number of fused-ring (bicyclic) bond motifs is 1. The van der Waals surface area contributed by atoms with E-state index < -0.39 is 0 Å². The highest BCUT2D eigenvalue weighted by atomic mass is 16.4. The third-order valence-corrected chi connectivity index (χ3v) is 4.61. The van der Waals surface area contributed by atoms with Crippen LogP contribution >= 0.6 is 0 Å². The molecule has 4 rings (SSSR count). The van der Waals surface area contributed by atoms with Gasteiger partial charge in [0.1, 0.15) is 0 Å². The molecule has 1 N–H and O–H groups in total. The van der Waals surface area contributed by atoms with Crippen molar-refractivity contribution in [2.45, 2.75) is 19.5 Å². The van der Waals surface area contributed by atoms with Gasteiger partial charge in [-0.2, -0.15) is 0 Å². The molecule has 134 valence electrons. The van der Waals surface area contributed by atoms with E-state index in [0.717, 1.165) is 24.9 Å². The maximum absolute atomic E-state index is 12.5. The first kappa shape index (κ1) is 16.5. The van der Waals surface area contributed by atoms with E-state index in [-0.39, 0.29) is 17.6 Å². The Labute approximate surface area is 149 Å². The monoisotopic (exact) mass is 353 g/mol. The third-order valence-electron chi connectivity index (χ3n) is 4.61. The molecule has 0 spiro atoms. The fraction of sp³-hybridized carbons (Fsp3) is 0.333. The number of amides is 1. The van der Waals surface area contributed by atoms with Gasteiger partial charge in [-0.15, -0.1) is 0 Å². The number of oxazole rings is 1. The molecular weight excluding hydrogens is 334 g/mol. The molecule has 1 atom stereocenters. The van der Waals surface area contributed by atoms with E-state index in [9.17, 15) is 9.59 Å². The molecule has 0 saturated carbocycles. The zero-order valence-electron chi connectivity index (χ0n) is 14.2. The highest BCUT2D eigenvalue weighted by molar-refractivity contribution is 5.91. The number of hydrogen-bond acceptors (Lipinski definition) is 6. The summed E-state index contributed by atoms with van der Waals surface area (Å²) in [5, 5.41) is 2.81. The van der Waals surface area contributed by atoms with Crippen LogP contribution in [0, 0.1) is 5.92 Å². The van der Waals surface area contributed by atoms with Crippen molar-refractivity contribution < 1.29 is 9.21 Å². The van der Waals surface area contributed by atoms with E-state index in [1.165, 1.54) is 6.20 Å². The average molecular weight is 353 g/mol. The van der Waals surface area contributed by atoms with Crippen LogP contribution in [0.5, 0.6) is 0 Å². The molecule has 26 heavy (non-hydrogen) atoms. The number of hydrogen-bond donors (Lipinski definition) is 1. The van der Waals surface area contributed by atoms with Crippen molar-refractivity contribution in [3.05, 3.63) is 53.4 Å². The van der Waals surface area contributed by atoms with Gasteiger partial charge in [-0.3, -0.25) is 19.2 Å². The molecule has 1 aliphatic rings. The van der Waals surface area contributed by atoms with Gasteiger partial charge < -0.3 is 9.73 Å². The maximum Gasteiger partial charge on any atom is 0.421 e. The Balaban J connectivity index is 1.46. The first-order chi connectivity index (χ1) is 12.7. The predicted molar refractivity (Wildman–Crippen MR) is 95.4 cm³/mol. The number of nitrogens with one attached hydrogen (secondary N) is 1. The van der Waals surface area contributed by atoms with Gasteiger partial charge in [0.2, 0.25) is 5.91 Å². The number of carbonyl (C=O) groups excluding carboxylic acids is 1. The number of likely N-dealkylation sites (tertiary alicyclic amines) is 1. The Morgan fingerprint density at radius 1 is 1.31 bits per heavy atom. The van der Waals surface area contributed by atoms with E-state index in [1.807, 2.05) is 18.2 Å². The van der Waals surface area contributed by atoms with Crippen LogP contribution in [-0.4, -0.2) is 38.4 Å². The number of para-hydroxylation sites is 2. The standard InChI is InChI=1S/C18H19N5O3/c24-17(21-16-10-19-7-8-20-16)13-4-3-9-22(11-13)12-23-14-5-1-2-6-15(14)26-18(23)25/h1-2,5-8,10,13H,3-4,9,11-12H2,(H,20,21,24). The van der Waals surface area contributed by atoms with Crippen molar-refractivity contribution in [3.8, 4) is 0 Å². The summed E-state index contributed by atoms with van der Waals surface area (Å²) in [5.41, 5.74) is 1.34. The van der Waals surface area contributed by atoms with E-state index >= 15 is 0 Å². The molecule has 3 aromatic rings. The van der Waals surface area contributed by atoms with Crippen molar-refractivity contribution in [1.29, 1.82) is 0 Å². The molecule has 1 amide bonds. The molecule has 1 unspecified atom stereocenters. The van der Waals surface area contributed by atoms with E-state index in [4.69, 9.17) is 4.42 Å². The van der Waals surface area contributed by atoms with Crippen LogP contribution < -0.4 is 11.1 Å². The summed E-state index contributed by atoms with van der Waals surface area (Å²) in [5.74, 6) is -0.150. The van der Waals surface area contributed by atoms with Crippen LogP contribution in [0.15, 0.2) is 52.1 Å². The third kappa shape index (κ3) is 3.36. The van der Waals surface area contributed by atoms with Gasteiger partial charge in [0.15, 0.2) is 11.4 Å². The molecule has 0 radical (unpaired) electrons. The topological polar surface area (TPSA) is 93.3 Å². The van der Waals surface area contributed by atoms with Gasteiger partial charge in [-0.1, -0.05) is 12.1 Å². The number of aromatic nitrogens is 3. The molecule has 1 saturated heterocycles. The Bertz CT molecular complexity index is 966. The van der Waals surface area contributed by atoms with Crippen molar-refractivity contribution in [2.24, 2.45) is 5.92 Å². The number of piperidine rings is 1. The number of rotatable bonds is 4. The molecule has 1 aliphatic heterocycles. The summed E-state index contributed by atoms with van der Waals surface area (Å²) >= 11 is 0. The molecule has 1 aromatic carbocycles. The minimum atomic E-state index is -0.377. The van der Waals surface area contributed by atoms with Crippen LogP contribution in [0.3, 0.4) is 0 Å². The van der Waals surface area contributed by atoms with Crippen LogP contribution in [-0.2, 0) is 11.5 Å². The minimum Gasteiger partial charge on any atom is -0.408 e. The molecular formula is C18H19N5O3. The fourth-order valence-electron chi connectivity index (χ4n) is 3.34. The second-order valence-corrected chi connectivity index (χ2v) is 6.40. The lowest BCUT2D eigenvalue weighted by molar-refractivity contribution is -0.121. The van der Waals surface area contributed by atoms with Gasteiger partial charge in [0, 0.05) is 18.9 Å².